The van der Waals surface area contributed by atoms with E-state index in [9.17, 15) is 18.0 Å². The van der Waals surface area contributed by atoms with Gasteiger partial charge in [0.2, 0.25) is 5.91 Å². The smallest absolute Gasteiger partial charge is 0.349 e. The summed E-state index contributed by atoms with van der Waals surface area (Å²) >= 11 is 1.45. The van der Waals surface area contributed by atoms with Gasteiger partial charge in [-0.1, -0.05) is 42.5 Å². The number of hydrogen-bond acceptors (Lipinski definition) is 3. The number of nitrogens with zero attached hydrogens (tertiary/aromatic N) is 1. The van der Waals surface area contributed by atoms with E-state index in [0.29, 0.717) is 11.3 Å². The minimum absolute atomic E-state index is 0.0760. The van der Waals surface area contributed by atoms with Crippen LogP contribution in [-0.2, 0) is 17.4 Å². The van der Waals surface area contributed by atoms with Crippen molar-refractivity contribution in [1.82, 2.24) is 10.3 Å². The first kappa shape index (κ1) is 19.1. The number of halogens is 3. The maximum Gasteiger partial charge on any atom is 0.416 e. The van der Waals surface area contributed by atoms with Crippen LogP contribution in [0.3, 0.4) is 0 Å². The molecule has 0 aliphatic heterocycles. The molecule has 0 saturated carbocycles. The van der Waals surface area contributed by atoms with Crippen LogP contribution in [0.2, 0.25) is 0 Å². The van der Waals surface area contributed by atoms with E-state index in [2.05, 4.69) is 10.3 Å². The van der Waals surface area contributed by atoms with Crippen molar-refractivity contribution in [3.63, 3.8) is 0 Å². The number of hydrogen-bond donors (Lipinski definition) is 1. The van der Waals surface area contributed by atoms with Crippen molar-refractivity contribution in [2.24, 2.45) is 0 Å². The van der Waals surface area contributed by atoms with Crippen molar-refractivity contribution < 1.29 is 18.0 Å². The number of alkyl halides is 3. The average Bonchev–Trinajstić information content (AvgIpc) is 3.10. The molecule has 1 amide bonds. The average molecular weight is 390 g/mol. The standard InChI is InChI=1S/C20H17F3N2OS/c1-13(15-8-5-9-16(10-15)20(21,22)23)24-18(26)11-17-12-27-19(25-17)14-6-3-2-4-7-14/h2-10,12-13H,11H2,1H3,(H,24,26)/t13-/m0/s1. The predicted octanol–water partition coefficient (Wildman–Crippen LogP) is 5.25. The normalized spacial score (nSPS) is 12.6. The maximum atomic E-state index is 12.8. The molecule has 0 saturated heterocycles. The summed E-state index contributed by atoms with van der Waals surface area (Å²) in [7, 11) is 0. The molecule has 3 rings (SSSR count). The fourth-order valence-corrected chi connectivity index (χ4v) is 3.45. The lowest BCUT2D eigenvalue weighted by atomic mass is 10.0. The lowest BCUT2D eigenvalue weighted by Crippen LogP contribution is -2.28. The molecule has 1 atom stereocenters. The fourth-order valence-electron chi connectivity index (χ4n) is 2.63. The molecule has 0 aliphatic rings. The van der Waals surface area contributed by atoms with Crippen LogP contribution < -0.4 is 5.32 Å². The van der Waals surface area contributed by atoms with Crippen molar-refractivity contribution in [1.29, 1.82) is 0 Å². The van der Waals surface area contributed by atoms with Gasteiger partial charge >= 0.3 is 6.18 Å². The Balaban J connectivity index is 1.64. The second kappa shape index (κ2) is 7.92. The van der Waals surface area contributed by atoms with E-state index < -0.39 is 17.8 Å². The van der Waals surface area contributed by atoms with Gasteiger partial charge in [-0.2, -0.15) is 13.2 Å². The second-order valence-electron chi connectivity index (χ2n) is 6.10. The number of nitrogens with one attached hydrogen (secondary N) is 1. The number of rotatable bonds is 5. The minimum Gasteiger partial charge on any atom is -0.349 e. The van der Waals surface area contributed by atoms with Gasteiger partial charge < -0.3 is 5.32 Å². The van der Waals surface area contributed by atoms with Gasteiger partial charge in [-0.05, 0) is 24.6 Å². The summed E-state index contributed by atoms with van der Waals surface area (Å²) in [6.07, 6.45) is -4.33. The Bertz CT molecular complexity index is 922. The highest BCUT2D eigenvalue weighted by atomic mass is 32.1. The van der Waals surface area contributed by atoms with Crippen LogP contribution in [0.15, 0.2) is 60.0 Å². The number of benzene rings is 2. The molecule has 140 valence electrons. The van der Waals surface area contributed by atoms with Crippen LogP contribution >= 0.6 is 11.3 Å². The molecule has 7 heteroatoms. The van der Waals surface area contributed by atoms with Crippen LogP contribution in [0.4, 0.5) is 13.2 Å². The van der Waals surface area contributed by atoms with E-state index in [-0.39, 0.29) is 12.3 Å². The van der Waals surface area contributed by atoms with Gasteiger partial charge in [-0.15, -0.1) is 11.3 Å². The Morgan fingerprint density at radius 2 is 1.89 bits per heavy atom. The summed E-state index contributed by atoms with van der Waals surface area (Å²) in [6.45, 7) is 1.66. The molecule has 0 unspecified atom stereocenters. The summed E-state index contributed by atoms with van der Waals surface area (Å²) in [5.41, 5.74) is 1.29. The Hall–Kier alpha value is -2.67. The SMILES string of the molecule is C[C@H](NC(=O)Cc1csc(-c2ccccc2)n1)c1cccc(C(F)(F)F)c1. The number of thiazole rings is 1. The molecule has 1 N–H and O–H groups in total. The summed E-state index contributed by atoms with van der Waals surface area (Å²) in [6, 6.07) is 14.1. The quantitative estimate of drug-likeness (QED) is 0.647. The van der Waals surface area contributed by atoms with Gasteiger partial charge in [0, 0.05) is 10.9 Å². The number of aromatic nitrogens is 1. The van der Waals surface area contributed by atoms with Crippen LogP contribution in [-0.4, -0.2) is 10.9 Å². The molecule has 0 fully saturated rings. The summed E-state index contributed by atoms with van der Waals surface area (Å²) < 4.78 is 38.5. The van der Waals surface area contributed by atoms with E-state index in [0.717, 1.165) is 22.7 Å². The molecule has 1 aromatic heterocycles. The molecule has 2 aromatic carbocycles. The summed E-state index contributed by atoms with van der Waals surface area (Å²) in [5, 5.41) is 5.37. The van der Waals surface area contributed by atoms with Gasteiger partial charge in [0.15, 0.2) is 0 Å². The lowest BCUT2D eigenvalue weighted by molar-refractivity contribution is -0.137. The summed E-state index contributed by atoms with van der Waals surface area (Å²) in [5.74, 6) is -0.287. The predicted molar refractivity (Wildman–Crippen MR) is 99.3 cm³/mol. The number of carbonyl (C=O) groups is 1. The van der Waals surface area contributed by atoms with E-state index in [1.165, 1.54) is 17.4 Å². The Labute approximate surface area is 158 Å². The van der Waals surface area contributed by atoms with E-state index in [4.69, 9.17) is 0 Å². The Morgan fingerprint density at radius 1 is 1.15 bits per heavy atom. The molecule has 3 nitrogen and oxygen atoms in total. The topological polar surface area (TPSA) is 42.0 Å². The first-order valence-corrected chi connectivity index (χ1v) is 9.17. The Kier molecular flexibility index (Phi) is 5.60. The maximum absolute atomic E-state index is 12.8. The van der Waals surface area contributed by atoms with Gasteiger partial charge in [-0.25, -0.2) is 4.98 Å². The van der Waals surface area contributed by atoms with Gasteiger partial charge in [0.05, 0.1) is 23.7 Å². The molecule has 1 heterocycles. The van der Waals surface area contributed by atoms with Crippen molar-refractivity contribution in [2.75, 3.05) is 0 Å². The molecule has 0 spiro atoms. The number of carbonyl (C=O) groups excluding carboxylic acids is 1. The zero-order valence-corrected chi connectivity index (χ0v) is 15.3. The van der Waals surface area contributed by atoms with Crippen LogP contribution in [0.25, 0.3) is 10.6 Å². The van der Waals surface area contributed by atoms with Crippen molar-refractivity contribution in [3.8, 4) is 10.6 Å². The molecule has 0 aliphatic carbocycles. The van der Waals surface area contributed by atoms with Crippen molar-refractivity contribution in [3.05, 3.63) is 76.8 Å². The first-order chi connectivity index (χ1) is 12.8. The monoisotopic (exact) mass is 390 g/mol. The van der Waals surface area contributed by atoms with Crippen LogP contribution in [0.1, 0.15) is 29.8 Å². The Morgan fingerprint density at radius 3 is 2.59 bits per heavy atom. The summed E-state index contributed by atoms with van der Waals surface area (Å²) in [4.78, 5) is 16.7. The first-order valence-electron chi connectivity index (χ1n) is 8.29. The van der Waals surface area contributed by atoms with Gasteiger partial charge in [-0.3, -0.25) is 4.79 Å². The van der Waals surface area contributed by atoms with Crippen LogP contribution in [0.5, 0.6) is 0 Å². The highest BCUT2D eigenvalue weighted by molar-refractivity contribution is 7.13. The second-order valence-corrected chi connectivity index (χ2v) is 6.96. The molecule has 0 radical (unpaired) electrons. The third kappa shape index (κ3) is 4.95. The zero-order valence-electron chi connectivity index (χ0n) is 14.5. The molecular weight excluding hydrogens is 373 g/mol. The van der Waals surface area contributed by atoms with E-state index in [1.54, 1.807) is 13.0 Å². The number of amides is 1. The van der Waals surface area contributed by atoms with Gasteiger partial charge in [0.25, 0.3) is 0 Å². The van der Waals surface area contributed by atoms with Gasteiger partial charge in [0.1, 0.15) is 5.01 Å². The lowest BCUT2D eigenvalue weighted by Gasteiger charge is -2.16. The van der Waals surface area contributed by atoms with E-state index >= 15 is 0 Å². The molecule has 3 aromatic rings. The molecule has 0 bridgehead atoms. The zero-order chi connectivity index (χ0) is 19.4. The largest absolute Gasteiger partial charge is 0.416 e. The fraction of sp³-hybridized carbons (Fsp3) is 0.200. The molecule has 27 heavy (non-hydrogen) atoms. The minimum atomic E-state index is -4.41. The van der Waals surface area contributed by atoms with Crippen molar-refractivity contribution >= 4 is 17.2 Å². The van der Waals surface area contributed by atoms with E-state index in [1.807, 2.05) is 35.7 Å². The third-order valence-electron chi connectivity index (χ3n) is 4.01. The van der Waals surface area contributed by atoms with Crippen LogP contribution in [0, 0.1) is 0 Å². The third-order valence-corrected chi connectivity index (χ3v) is 4.95. The highest BCUT2D eigenvalue weighted by Gasteiger charge is 2.30. The highest BCUT2D eigenvalue weighted by Crippen LogP contribution is 2.30. The molecular formula is C20H17F3N2OS. The van der Waals surface area contributed by atoms with Crippen molar-refractivity contribution in [2.45, 2.75) is 25.6 Å².